The van der Waals surface area contributed by atoms with Gasteiger partial charge < -0.3 is 52.1 Å². The first-order valence-electron chi connectivity index (χ1n) is 42.4. The van der Waals surface area contributed by atoms with E-state index in [4.69, 9.17) is 104 Å². The number of Topliss-reactive ketones (excluding diaryl/α,β-unsaturated/α-hetero) is 5. The molecule has 0 bridgehead atoms. The van der Waals surface area contributed by atoms with Gasteiger partial charge >= 0.3 is 0 Å². The summed E-state index contributed by atoms with van der Waals surface area (Å²) in [5, 5.41) is 0. The number of thioether (sulfide) groups is 8. The summed E-state index contributed by atoms with van der Waals surface area (Å²) < 4.78 is 80.6. The predicted molar refractivity (Wildman–Crippen MR) is 599 cm³/mol. The molecule has 11 rings (SSSR count). The summed E-state index contributed by atoms with van der Waals surface area (Å²) in [6.07, 6.45) is 0. The zero-order chi connectivity index (χ0) is 106. The molecule has 1 atom stereocenters. The van der Waals surface area contributed by atoms with Gasteiger partial charge in [0.05, 0.1) is 89.7 Å². The Bertz CT molecular complexity index is 4730. The number of hydrogen-bond acceptors (Lipinski definition) is 24. The minimum Gasteiger partial charge on any atom is -0.497 e. The fraction of sp³-hybridized carbons (Fsp3) is 0.304. The molecule has 0 radical (unpaired) electrons. The van der Waals surface area contributed by atoms with Gasteiger partial charge in [-0.25, -0.2) is 0 Å². The summed E-state index contributed by atoms with van der Waals surface area (Å²) in [5.41, 5.74) is 1.32. The van der Waals surface area contributed by atoms with Crippen molar-refractivity contribution in [2.24, 2.45) is 0 Å². The second kappa shape index (κ2) is 74.9. The minimum absolute atomic E-state index is 0.0170. The molecule has 0 saturated heterocycles. The Labute approximate surface area is 902 Å². The topological polar surface area (TPSA) is 187 Å². The lowest BCUT2D eigenvalue weighted by atomic mass is 10.2. The van der Waals surface area contributed by atoms with Crippen LogP contribution in [0.2, 0.25) is 0 Å². The molecule has 0 aliphatic carbocycles. The molecule has 135 heavy (non-hydrogen) atoms. The molecular weight excluding hydrogens is 2290 g/mol. The number of rotatable bonds is 31. The summed E-state index contributed by atoms with van der Waals surface area (Å²) in [6.45, 7) is 20.7. The number of carbonyl (C=O) groups is 5. The summed E-state index contributed by atoms with van der Waals surface area (Å²) in [5.74, 6) is 10.1. The third-order valence-electron chi connectivity index (χ3n) is 15.8. The van der Waals surface area contributed by atoms with E-state index in [2.05, 4.69) is 100 Å². The van der Waals surface area contributed by atoms with Crippen molar-refractivity contribution in [2.45, 2.75) is 134 Å². The fourth-order valence-electron chi connectivity index (χ4n) is 8.63. The maximum absolute atomic E-state index is 11.3. The van der Waals surface area contributed by atoms with Crippen molar-refractivity contribution in [1.29, 1.82) is 0 Å². The van der Waals surface area contributed by atoms with E-state index in [1.54, 1.807) is 190 Å². The molecule has 0 amide bonds. The number of aryl methyl sites for hydroxylation is 3. The maximum atomic E-state index is 11.3. The van der Waals surface area contributed by atoms with Crippen LogP contribution in [0.15, 0.2) is 306 Å². The predicted octanol–water partition coefficient (Wildman–Crippen LogP) is 32.8. The number of ketones is 5. The molecule has 11 aromatic rings. The van der Waals surface area contributed by atoms with E-state index in [9.17, 15) is 24.0 Å². The Kier molecular flexibility index (Phi) is 67.2. The van der Waals surface area contributed by atoms with E-state index in [1.807, 2.05) is 232 Å². The first-order valence-corrected chi connectivity index (χ1v) is 52.7. The van der Waals surface area contributed by atoms with Gasteiger partial charge in [-0.05, 0) is 345 Å². The highest BCUT2D eigenvalue weighted by Crippen LogP contribution is 2.49. The molecule has 0 spiro atoms. The zero-order valence-electron chi connectivity index (χ0n) is 83.5. The van der Waals surface area contributed by atoms with Crippen LogP contribution in [0.4, 0.5) is 0 Å². The molecule has 0 fully saturated rings. The Morgan fingerprint density at radius 3 is 0.615 bits per heavy atom. The number of carbonyl (C=O) groups excluding carboxylic acids is 5. The number of alkyl halides is 9. The Balaban J connectivity index is 0.00000151. The fourth-order valence-corrected chi connectivity index (χ4v) is 17.6. The standard InChI is InChI=1S/C10H10Br2O2S.2C10H10Cl2O2S.2C10H12O2S.2C9H12OS.C8H7Br3OS.3C8H10O.C2H6/c3*1-7(13)10(11,12)15-9-5-3-8(14-2)4-6-9;2*1-8(11)7-13-10-5-3-9(12-2)4-6-10;2*1-3-11-9-6-4-8(10-2)5-7-9;1-12-6-2-4-7(5-3-6)13-8(9,10)11;3*1-7-3-5-8(9-2)6-4-7;1-2/h3*3-6H,1-2H3;2*3-6H,7H2,1-2H3;2*4-7H,3H2,1-2H3;2-5H,1H3;3*3-6H,1-2H3;1-2H3/i2*7+1,10+1;7+1;2*7+1,8+1;3+1DH;3+1H2;8+1;;;;/t;;;;;3-;;;;;;/m.....0....../s1. The van der Waals surface area contributed by atoms with Crippen LogP contribution in [-0.4, -0.2) is 141 Å². The molecule has 16 nitrogen and oxygen atoms in total. The third-order valence-corrected chi connectivity index (χ3v) is 28.9. The molecule has 33 heteroatoms. The molecule has 0 aliphatic rings. The Hall–Kier alpha value is -6.07. The molecule has 0 saturated carbocycles. The van der Waals surface area contributed by atoms with Gasteiger partial charge in [0.2, 0.25) is 7.33 Å². The van der Waals surface area contributed by atoms with Gasteiger partial charge in [-0.1, -0.05) is 206 Å². The normalized spacial score (nSPS) is 11.1. The summed E-state index contributed by atoms with van der Waals surface area (Å²) >= 11 is 50.9. The zero-order valence-corrected chi connectivity index (χ0v) is 97.0. The molecule has 0 unspecified atom stereocenters. The number of methoxy groups -OCH3 is 11. The van der Waals surface area contributed by atoms with E-state index in [1.165, 1.54) is 72.7 Å². The highest BCUT2D eigenvalue weighted by atomic mass is 80.0. The van der Waals surface area contributed by atoms with E-state index >= 15 is 0 Å². The maximum Gasteiger partial charge on any atom is 0.225 e. The van der Waals surface area contributed by atoms with Gasteiger partial charge in [0.1, 0.15) is 74.8 Å². The average Bonchev–Trinajstić information content (AvgIpc) is 0.860. The van der Waals surface area contributed by atoms with E-state index in [0.29, 0.717) is 11.5 Å². The number of hydrogen-bond donors (Lipinski definition) is 0. The van der Waals surface area contributed by atoms with Crippen LogP contribution >= 0.6 is 220 Å². The Morgan fingerprint density at radius 1 is 0.281 bits per heavy atom. The van der Waals surface area contributed by atoms with Crippen LogP contribution in [0.3, 0.4) is 0 Å². The van der Waals surface area contributed by atoms with Crippen molar-refractivity contribution in [3.8, 4) is 63.2 Å². The lowest BCUT2D eigenvalue weighted by molar-refractivity contribution is -0.116. The average molecular weight is 2410 g/mol. The van der Waals surface area contributed by atoms with Crippen molar-refractivity contribution in [2.75, 3.05) is 101 Å². The van der Waals surface area contributed by atoms with Crippen molar-refractivity contribution in [3.05, 3.63) is 284 Å². The van der Waals surface area contributed by atoms with Crippen LogP contribution in [0.5, 0.6) is 63.2 Å². The van der Waals surface area contributed by atoms with Crippen molar-refractivity contribution in [3.63, 3.8) is 0 Å². The molecule has 0 aliphatic heterocycles. The second-order valence-electron chi connectivity index (χ2n) is 26.1. The highest BCUT2D eigenvalue weighted by Gasteiger charge is 2.33. The molecule has 0 aromatic heterocycles. The smallest absolute Gasteiger partial charge is 0.225 e. The monoisotopic (exact) mass is 2410 g/mol. The van der Waals surface area contributed by atoms with Gasteiger partial charge in [0, 0.05) is 44.6 Å². The number of halogens is 9. The number of benzene rings is 11. The van der Waals surface area contributed by atoms with Crippen molar-refractivity contribution >= 4 is 249 Å². The van der Waals surface area contributed by atoms with Gasteiger partial charge in [0.25, 0.3) is 0 Å². The molecule has 11 aromatic carbocycles. The SMILES string of the molecule is CC.COc1ccc(C)cc1.COc1ccc(C)cc1.COc1ccc(C)cc1.COc1ccc(SC(Cl)(Cl)[13C](C)=O)cc1.COc1ccc(S[13CH2][13C](C)=O)cc1.COc1ccc(S[13CH2][13C](C)=O)cc1.COc1ccc(S[13C](Br)(Br)Br)cc1.COc1ccc(S[13C](Br)(Br)[13C](C)=O)cc1.COc1ccc(S[13C](Cl)(Cl)[13C](C)=O)cc1.[1H][13C@]([2H])(C)Sc1ccc(OC)cc1.[1H][13C]([1H])(C)Sc1ccc(OC)cc1. The Morgan fingerprint density at radius 2 is 0.452 bits per heavy atom. The van der Waals surface area contributed by atoms with E-state index in [0.717, 1.165) is 126 Å². The van der Waals surface area contributed by atoms with Crippen molar-refractivity contribution < 1.29 is 81.6 Å². The second-order valence-corrected chi connectivity index (χ2v) is 51.9. The lowest BCUT2D eigenvalue weighted by Gasteiger charge is -2.16. The summed E-state index contributed by atoms with van der Waals surface area (Å²) in [6, 6.07) is 83.7. The quantitative estimate of drug-likeness (QED) is 0.0226. The van der Waals surface area contributed by atoms with Crippen LogP contribution in [0.25, 0.3) is 0 Å². The van der Waals surface area contributed by atoms with Crippen LogP contribution in [0.1, 0.15) is 84.5 Å². The summed E-state index contributed by atoms with van der Waals surface area (Å²) in [4.78, 5) is 62.6. The molecule has 0 heterocycles. The van der Waals surface area contributed by atoms with Gasteiger partial charge in [-0.3, -0.25) is 24.0 Å². The van der Waals surface area contributed by atoms with Crippen molar-refractivity contribution in [1.82, 2.24) is 0 Å². The van der Waals surface area contributed by atoms with Crippen LogP contribution in [0, 0.1) is 20.8 Å². The largest absolute Gasteiger partial charge is 0.497 e. The first-order chi connectivity index (χ1) is 65.3. The number of ether oxygens (including phenoxy) is 11. The summed E-state index contributed by atoms with van der Waals surface area (Å²) in [7, 11) is 18.0. The molecule has 736 valence electrons. The van der Waals surface area contributed by atoms with Gasteiger partial charge in [-0.2, -0.15) is 0 Å². The van der Waals surface area contributed by atoms with E-state index < -0.39 is 21.3 Å². The van der Waals surface area contributed by atoms with Gasteiger partial charge in [0.15, 0.2) is 21.4 Å². The van der Waals surface area contributed by atoms with E-state index in [-0.39, 0.29) is 30.4 Å². The van der Waals surface area contributed by atoms with Gasteiger partial charge in [-0.15, -0.1) is 47.0 Å². The van der Waals surface area contributed by atoms with Crippen LogP contribution < -0.4 is 52.1 Å². The minimum atomic E-state index is -1.42. The molecular formula is C102H121Br5Cl4O16S8. The molecule has 0 N–H and O–H groups in total. The van der Waals surface area contributed by atoms with Crippen LogP contribution in [-0.2, 0) is 24.0 Å². The third kappa shape index (κ3) is 62.7. The first kappa shape index (κ1) is 121. The highest BCUT2D eigenvalue weighted by molar-refractivity contribution is 9.42. The lowest BCUT2D eigenvalue weighted by Crippen LogP contribution is -2.17.